The van der Waals surface area contributed by atoms with Gasteiger partial charge < -0.3 is 24.0 Å². The summed E-state index contributed by atoms with van der Waals surface area (Å²) in [6.45, 7) is 2.63. The van der Waals surface area contributed by atoms with Crippen molar-refractivity contribution in [1.82, 2.24) is 0 Å². The van der Waals surface area contributed by atoms with Crippen molar-refractivity contribution in [3.8, 4) is 17.2 Å². The van der Waals surface area contributed by atoms with Crippen molar-refractivity contribution >= 4 is 52.5 Å². The number of ether oxygens (including phenoxy) is 3. The normalized spacial score (nSPS) is 17.6. The van der Waals surface area contributed by atoms with Gasteiger partial charge in [0.15, 0.2) is 11.5 Å². The van der Waals surface area contributed by atoms with E-state index in [4.69, 9.17) is 19.2 Å². The topological polar surface area (TPSA) is 83.9 Å². The third kappa shape index (κ3) is 6.45. The quantitative estimate of drug-likeness (QED) is 0.132. The number of para-hydroxylation sites is 2. The first-order chi connectivity index (χ1) is 27.3. The predicted octanol–water partition coefficient (Wildman–Crippen LogP) is 8.72. The van der Waals surface area contributed by atoms with E-state index in [1.54, 1.807) is 31.0 Å². The average Bonchev–Trinajstić information content (AvgIpc) is 3.70. The van der Waals surface area contributed by atoms with E-state index >= 15 is 0 Å². The predicted molar refractivity (Wildman–Crippen MR) is 224 cm³/mol. The summed E-state index contributed by atoms with van der Waals surface area (Å²) in [5.74, 6) is 2.56. The highest BCUT2D eigenvalue weighted by Gasteiger charge is 2.38. The molecule has 2 atom stereocenters. The number of nitrogens with zero attached hydrogens (tertiary/aromatic N) is 4. The lowest BCUT2D eigenvalue weighted by Crippen LogP contribution is -2.37. The molecule has 5 aromatic carbocycles. The summed E-state index contributed by atoms with van der Waals surface area (Å²) < 4.78 is 18.8. The number of rotatable bonds is 10. The molecule has 56 heavy (non-hydrogen) atoms. The summed E-state index contributed by atoms with van der Waals surface area (Å²) in [6.07, 6.45) is 7.31. The highest BCUT2D eigenvalue weighted by Crippen LogP contribution is 2.42. The lowest BCUT2D eigenvalue weighted by atomic mass is 9.98. The van der Waals surface area contributed by atoms with Gasteiger partial charge in [-0.15, -0.1) is 11.8 Å². The minimum atomic E-state index is -0.141. The fraction of sp³-hybridized carbons (Fsp3) is 0.283. The van der Waals surface area contributed by atoms with Crippen LogP contribution in [0.2, 0.25) is 0 Å². The zero-order valence-corrected chi connectivity index (χ0v) is 32.9. The molecule has 0 spiro atoms. The second kappa shape index (κ2) is 14.7. The number of aliphatic imine (C=N–C) groups is 1. The number of carbonyl (C=O) groups excluding carboxylic acids is 2. The minimum absolute atomic E-state index is 0.0758. The summed E-state index contributed by atoms with van der Waals surface area (Å²) in [6, 6.07) is 30.3. The zero-order valence-electron chi connectivity index (χ0n) is 32.1. The number of amides is 2. The van der Waals surface area contributed by atoms with Gasteiger partial charge in [-0.25, -0.2) is 0 Å². The van der Waals surface area contributed by atoms with Gasteiger partial charge in [0.25, 0.3) is 11.8 Å². The standard InChI is InChI=1S/C46H44N4O5S/c1-28-15-37-31(13-14-34-19-32-9-5-7-11-40(32)49(34)45(37)51)21-42(28)54-25-29-16-30(18-35(17-29)48(2)27-56-4)26-55-44-23-39-38(22-43(44)53-3)46(52)50-36(24-47-39)20-33-10-6-8-12-41(33)50/h5-12,15-18,21-24,34,36H,13-14,19-20,25-27H2,1-4H3/t34-,36+/m1/s1. The van der Waals surface area contributed by atoms with Gasteiger partial charge in [0, 0.05) is 54.4 Å². The van der Waals surface area contributed by atoms with Crippen LogP contribution in [-0.4, -0.2) is 56.4 Å². The first kappa shape index (κ1) is 35.9. The first-order valence-corrected chi connectivity index (χ1v) is 20.5. The van der Waals surface area contributed by atoms with Gasteiger partial charge in [-0.2, -0.15) is 0 Å². The van der Waals surface area contributed by atoms with E-state index in [-0.39, 0.29) is 30.5 Å². The van der Waals surface area contributed by atoms with E-state index in [2.05, 4.69) is 66.7 Å². The van der Waals surface area contributed by atoms with Crippen LogP contribution < -0.4 is 28.9 Å². The lowest BCUT2D eigenvalue weighted by Gasteiger charge is -2.23. The number of hydrogen-bond acceptors (Lipinski definition) is 8. The number of aryl methyl sites for hydroxylation is 2. The summed E-state index contributed by atoms with van der Waals surface area (Å²) in [7, 11) is 3.66. The third-order valence-electron chi connectivity index (χ3n) is 11.4. The maximum atomic E-state index is 13.9. The molecule has 10 heteroatoms. The average molecular weight is 765 g/mol. The highest BCUT2D eigenvalue weighted by molar-refractivity contribution is 7.98. The maximum Gasteiger partial charge on any atom is 0.261 e. The van der Waals surface area contributed by atoms with Crippen LogP contribution in [0.25, 0.3) is 0 Å². The first-order valence-electron chi connectivity index (χ1n) is 19.1. The molecule has 0 fully saturated rings. The monoisotopic (exact) mass is 764 g/mol. The lowest BCUT2D eigenvalue weighted by molar-refractivity contribution is 0.0975. The molecule has 0 N–H and O–H groups in total. The molecule has 0 saturated carbocycles. The van der Waals surface area contributed by atoms with Crippen molar-refractivity contribution in [2.45, 2.75) is 57.9 Å². The molecule has 4 aliphatic rings. The molecule has 9 rings (SSSR count). The summed E-state index contributed by atoms with van der Waals surface area (Å²) in [5.41, 5.74) is 11.1. The fourth-order valence-electron chi connectivity index (χ4n) is 8.62. The van der Waals surface area contributed by atoms with E-state index < -0.39 is 0 Å². The summed E-state index contributed by atoms with van der Waals surface area (Å²) in [4.78, 5) is 38.7. The second-order valence-electron chi connectivity index (χ2n) is 15.0. The van der Waals surface area contributed by atoms with E-state index in [0.717, 1.165) is 87.8 Å². The van der Waals surface area contributed by atoms with Crippen molar-refractivity contribution in [3.63, 3.8) is 0 Å². The van der Waals surface area contributed by atoms with Gasteiger partial charge in [-0.1, -0.05) is 36.4 Å². The molecule has 5 aromatic rings. The Hall–Kier alpha value is -5.74. The molecule has 0 unspecified atom stereocenters. The molecular formula is C46H44N4O5S. The molecule has 2 amide bonds. The number of methoxy groups -OCH3 is 1. The molecular weight excluding hydrogens is 721 g/mol. The molecule has 4 heterocycles. The van der Waals surface area contributed by atoms with Crippen molar-refractivity contribution in [2.24, 2.45) is 4.99 Å². The van der Waals surface area contributed by atoms with E-state index in [0.29, 0.717) is 29.4 Å². The van der Waals surface area contributed by atoms with E-state index in [1.807, 2.05) is 53.3 Å². The van der Waals surface area contributed by atoms with Crippen LogP contribution >= 0.6 is 11.8 Å². The van der Waals surface area contributed by atoms with Gasteiger partial charge in [-0.3, -0.25) is 19.5 Å². The van der Waals surface area contributed by atoms with Crippen LogP contribution in [0.3, 0.4) is 0 Å². The van der Waals surface area contributed by atoms with Crippen molar-refractivity contribution in [3.05, 3.63) is 136 Å². The zero-order chi connectivity index (χ0) is 38.5. The molecule has 4 aliphatic heterocycles. The van der Waals surface area contributed by atoms with Crippen LogP contribution in [0.15, 0.2) is 96.0 Å². The smallest absolute Gasteiger partial charge is 0.261 e. The molecule has 9 nitrogen and oxygen atoms in total. The van der Waals surface area contributed by atoms with Crippen molar-refractivity contribution < 1.29 is 23.8 Å². The third-order valence-corrected chi connectivity index (χ3v) is 12.0. The Kier molecular flexibility index (Phi) is 9.45. The van der Waals surface area contributed by atoms with Gasteiger partial charge >= 0.3 is 0 Å². The number of benzene rings is 5. The van der Waals surface area contributed by atoms with Gasteiger partial charge in [0.2, 0.25) is 0 Å². The van der Waals surface area contributed by atoms with E-state index in [9.17, 15) is 9.59 Å². The van der Waals surface area contributed by atoms with Gasteiger partial charge in [0.05, 0.1) is 30.3 Å². The number of anilines is 3. The Morgan fingerprint density at radius 3 is 2.18 bits per heavy atom. The van der Waals surface area contributed by atoms with E-state index in [1.165, 1.54) is 5.56 Å². The number of fused-ring (bicyclic) bond motifs is 8. The van der Waals surface area contributed by atoms with Crippen LogP contribution in [0.1, 0.15) is 60.5 Å². The Bertz CT molecular complexity index is 2410. The molecule has 0 aliphatic carbocycles. The van der Waals surface area contributed by atoms with Crippen LogP contribution in [0.4, 0.5) is 22.7 Å². The molecule has 0 radical (unpaired) electrons. The fourth-order valence-corrected chi connectivity index (χ4v) is 9.16. The summed E-state index contributed by atoms with van der Waals surface area (Å²) >= 11 is 1.75. The van der Waals surface area contributed by atoms with Gasteiger partial charge in [0.1, 0.15) is 19.0 Å². The van der Waals surface area contributed by atoms with Gasteiger partial charge in [-0.05, 0) is 114 Å². The number of thioether (sulfide) groups is 1. The highest BCUT2D eigenvalue weighted by atomic mass is 32.2. The number of hydrogen-bond donors (Lipinski definition) is 0. The Morgan fingerprint density at radius 1 is 0.768 bits per heavy atom. The largest absolute Gasteiger partial charge is 0.493 e. The second-order valence-corrected chi connectivity index (χ2v) is 15.9. The number of carbonyl (C=O) groups is 2. The SMILES string of the molecule is COc1cc2c(cc1OCc1cc(COc3cc4c(cc3C)C(=O)N3c5ccccc5C[C@H]3CC4)cc(N(C)CSC)c1)N=C[C@@H]1Cc3ccccc3N1C2=O. The van der Waals surface area contributed by atoms with Crippen LogP contribution in [0.5, 0.6) is 17.2 Å². The van der Waals surface area contributed by atoms with Crippen molar-refractivity contribution in [1.29, 1.82) is 0 Å². The minimum Gasteiger partial charge on any atom is -0.493 e. The summed E-state index contributed by atoms with van der Waals surface area (Å²) in [5, 5.41) is 0. The van der Waals surface area contributed by atoms with Crippen LogP contribution in [0, 0.1) is 6.92 Å². The molecule has 0 aromatic heterocycles. The van der Waals surface area contributed by atoms with Crippen LogP contribution in [-0.2, 0) is 32.5 Å². The van der Waals surface area contributed by atoms with Crippen molar-refractivity contribution in [2.75, 3.05) is 41.0 Å². The molecule has 284 valence electrons. The Labute approximate surface area is 331 Å². The Morgan fingerprint density at radius 2 is 1.45 bits per heavy atom. The molecule has 0 saturated heterocycles. The molecule has 0 bridgehead atoms. The Balaban J connectivity index is 0.950. The maximum absolute atomic E-state index is 13.9.